The summed E-state index contributed by atoms with van der Waals surface area (Å²) in [6.45, 7) is 0. The third-order valence-electron chi connectivity index (χ3n) is 2.76. The molecule has 0 aliphatic heterocycles. The second-order valence-corrected chi connectivity index (χ2v) is 5.21. The van der Waals surface area contributed by atoms with Crippen LogP contribution in [-0.2, 0) is 0 Å². The highest BCUT2D eigenvalue weighted by atomic mass is 79.9. The van der Waals surface area contributed by atoms with Gasteiger partial charge in [0.15, 0.2) is 5.75 Å². The van der Waals surface area contributed by atoms with Gasteiger partial charge in [0.25, 0.3) is 0 Å². The molecule has 6 heteroatoms. The van der Waals surface area contributed by atoms with Gasteiger partial charge >= 0.3 is 6.36 Å². The summed E-state index contributed by atoms with van der Waals surface area (Å²) < 4.78 is 41.6. The molecule has 1 aliphatic rings. The van der Waals surface area contributed by atoms with Crippen LogP contribution in [0.4, 0.5) is 18.9 Å². The summed E-state index contributed by atoms with van der Waals surface area (Å²) in [5.74, 6) is -0.221. The molecule has 0 bridgehead atoms. The first-order valence-corrected chi connectivity index (χ1v) is 6.72. The van der Waals surface area contributed by atoms with E-state index in [-0.39, 0.29) is 11.8 Å². The van der Waals surface area contributed by atoms with Gasteiger partial charge in [0.05, 0.1) is 5.69 Å². The highest BCUT2D eigenvalue weighted by Crippen LogP contribution is 2.34. The van der Waals surface area contributed by atoms with Crippen LogP contribution in [0.2, 0.25) is 0 Å². The van der Waals surface area contributed by atoms with E-state index in [2.05, 4.69) is 26.0 Å². The summed E-state index contributed by atoms with van der Waals surface area (Å²) in [4.78, 5) is 0. The molecule has 1 atom stereocenters. The second kappa shape index (κ2) is 5.86. The van der Waals surface area contributed by atoms with Crippen LogP contribution in [0, 0.1) is 0 Å². The molecule has 1 aromatic rings. The van der Waals surface area contributed by atoms with E-state index in [0.29, 0.717) is 10.2 Å². The zero-order valence-electron chi connectivity index (χ0n) is 10.0. The number of hydrogen-bond donors (Lipinski definition) is 1. The van der Waals surface area contributed by atoms with Crippen molar-refractivity contribution < 1.29 is 17.9 Å². The number of hydrogen-bond acceptors (Lipinski definition) is 2. The Bertz CT molecular complexity index is 473. The van der Waals surface area contributed by atoms with Crippen molar-refractivity contribution in [3.63, 3.8) is 0 Å². The average molecular weight is 336 g/mol. The molecule has 0 radical (unpaired) electrons. The van der Waals surface area contributed by atoms with Gasteiger partial charge in [-0.3, -0.25) is 0 Å². The van der Waals surface area contributed by atoms with E-state index in [9.17, 15) is 13.2 Å². The topological polar surface area (TPSA) is 21.3 Å². The fourth-order valence-electron chi connectivity index (χ4n) is 1.96. The lowest BCUT2D eigenvalue weighted by molar-refractivity contribution is -0.274. The largest absolute Gasteiger partial charge is 0.573 e. The van der Waals surface area contributed by atoms with Gasteiger partial charge in [-0.15, -0.1) is 13.2 Å². The van der Waals surface area contributed by atoms with Gasteiger partial charge in [-0.25, -0.2) is 0 Å². The Hall–Kier alpha value is -1.17. The van der Waals surface area contributed by atoms with Crippen LogP contribution in [0.15, 0.2) is 34.8 Å². The van der Waals surface area contributed by atoms with Crippen molar-refractivity contribution in [1.29, 1.82) is 0 Å². The first-order chi connectivity index (χ1) is 8.94. The predicted molar refractivity (Wildman–Crippen MR) is 71.2 cm³/mol. The van der Waals surface area contributed by atoms with E-state index in [0.717, 1.165) is 19.3 Å². The lowest BCUT2D eigenvalue weighted by Gasteiger charge is -2.21. The molecule has 0 heterocycles. The molecule has 19 heavy (non-hydrogen) atoms. The molecular formula is C13H13BrF3NO. The van der Waals surface area contributed by atoms with Gasteiger partial charge in [0.2, 0.25) is 0 Å². The van der Waals surface area contributed by atoms with Crippen LogP contribution >= 0.6 is 15.9 Å². The number of rotatable bonds is 3. The van der Waals surface area contributed by atoms with Crippen molar-refractivity contribution in [1.82, 2.24) is 0 Å². The molecule has 2 nitrogen and oxygen atoms in total. The SMILES string of the molecule is FC(F)(F)Oc1cc(Br)ccc1NC1C=CCCC1. The molecule has 104 valence electrons. The minimum Gasteiger partial charge on any atom is -0.404 e. The number of allylic oxidation sites excluding steroid dienone is 1. The van der Waals surface area contributed by atoms with Crippen LogP contribution in [-0.4, -0.2) is 12.4 Å². The second-order valence-electron chi connectivity index (χ2n) is 4.30. The molecule has 1 aromatic carbocycles. The van der Waals surface area contributed by atoms with Gasteiger partial charge in [-0.2, -0.15) is 0 Å². The van der Waals surface area contributed by atoms with Crippen molar-refractivity contribution in [2.24, 2.45) is 0 Å². The van der Waals surface area contributed by atoms with E-state index in [1.165, 1.54) is 6.07 Å². The van der Waals surface area contributed by atoms with Crippen molar-refractivity contribution in [2.75, 3.05) is 5.32 Å². The number of nitrogens with one attached hydrogen (secondary N) is 1. The van der Waals surface area contributed by atoms with Gasteiger partial charge < -0.3 is 10.1 Å². The Labute approximate surface area is 117 Å². The molecule has 0 aromatic heterocycles. The summed E-state index contributed by atoms with van der Waals surface area (Å²) in [5, 5.41) is 3.07. The highest BCUT2D eigenvalue weighted by Gasteiger charge is 2.32. The number of halogens is 4. The Morgan fingerprint density at radius 3 is 2.74 bits per heavy atom. The van der Waals surface area contributed by atoms with Crippen LogP contribution in [0.1, 0.15) is 19.3 Å². The zero-order chi connectivity index (χ0) is 13.9. The number of ether oxygens (including phenoxy) is 1. The monoisotopic (exact) mass is 335 g/mol. The fourth-order valence-corrected chi connectivity index (χ4v) is 2.30. The molecule has 0 fully saturated rings. The summed E-state index contributed by atoms with van der Waals surface area (Å²) in [7, 11) is 0. The summed E-state index contributed by atoms with van der Waals surface area (Å²) >= 11 is 3.14. The predicted octanol–water partition coefficient (Wildman–Crippen LogP) is 4.87. The number of anilines is 1. The van der Waals surface area contributed by atoms with Gasteiger partial charge in [0.1, 0.15) is 0 Å². The minimum absolute atomic E-state index is 0.0468. The quantitative estimate of drug-likeness (QED) is 0.796. The number of benzene rings is 1. The van der Waals surface area contributed by atoms with E-state index >= 15 is 0 Å². The van der Waals surface area contributed by atoms with Crippen LogP contribution in [0.25, 0.3) is 0 Å². The van der Waals surface area contributed by atoms with Gasteiger partial charge in [-0.05, 0) is 37.5 Å². The van der Waals surface area contributed by atoms with Crippen LogP contribution in [0.5, 0.6) is 5.75 Å². The van der Waals surface area contributed by atoms with Crippen molar-refractivity contribution in [2.45, 2.75) is 31.7 Å². The summed E-state index contributed by atoms with van der Waals surface area (Å²) in [6, 6.07) is 4.61. The van der Waals surface area contributed by atoms with Gasteiger partial charge in [-0.1, -0.05) is 28.1 Å². The van der Waals surface area contributed by atoms with Crippen LogP contribution < -0.4 is 10.1 Å². The Morgan fingerprint density at radius 2 is 2.11 bits per heavy atom. The minimum atomic E-state index is -4.69. The van der Waals surface area contributed by atoms with E-state index in [1.807, 2.05) is 12.2 Å². The van der Waals surface area contributed by atoms with E-state index in [1.54, 1.807) is 12.1 Å². The third-order valence-corrected chi connectivity index (χ3v) is 3.26. The van der Waals surface area contributed by atoms with E-state index in [4.69, 9.17) is 0 Å². The smallest absolute Gasteiger partial charge is 0.404 e. The summed E-state index contributed by atoms with van der Waals surface area (Å²) in [6.07, 6.45) is 2.26. The normalized spacial score (nSPS) is 19.3. The molecular weight excluding hydrogens is 323 g/mol. The van der Waals surface area contributed by atoms with E-state index < -0.39 is 6.36 Å². The first-order valence-electron chi connectivity index (χ1n) is 5.92. The Balaban J connectivity index is 2.18. The molecule has 0 saturated heterocycles. The Morgan fingerprint density at radius 1 is 1.32 bits per heavy atom. The molecule has 0 amide bonds. The lowest BCUT2D eigenvalue weighted by atomic mass is 10.0. The molecule has 1 aliphatic carbocycles. The molecule has 2 rings (SSSR count). The van der Waals surface area contributed by atoms with Crippen molar-refractivity contribution >= 4 is 21.6 Å². The standard InChI is InChI=1S/C13H13BrF3NO/c14-9-6-7-11(12(8-9)19-13(15,16)17)18-10-4-2-1-3-5-10/h2,4,6-8,10,18H,1,3,5H2. The third kappa shape index (κ3) is 4.45. The summed E-state index contributed by atoms with van der Waals surface area (Å²) in [5.41, 5.74) is 0.345. The molecule has 0 saturated carbocycles. The number of alkyl halides is 3. The lowest BCUT2D eigenvalue weighted by Crippen LogP contribution is -2.22. The van der Waals surface area contributed by atoms with Crippen molar-refractivity contribution in [3.8, 4) is 5.75 Å². The average Bonchev–Trinajstić information content (AvgIpc) is 2.32. The maximum Gasteiger partial charge on any atom is 0.573 e. The molecule has 1 N–H and O–H groups in total. The maximum atomic E-state index is 12.4. The molecule has 1 unspecified atom stereocenters. The Kier molecular flexibility index (Phi) is 4.39. The van der Waals surface area contributed by atoms with Crippen LogP contribution in [0.3, 0.4) is 0 Å². The molecule has 0 spiro atoms. The fraction of sp³-hybridized carbons (Fsp3) is 0.385. The van der Waals surface area contributed by atoms with Gasteiger partial charge in [0, 0.05) is 10.5 Å². The first kappa shape index (κ1) is 14.2. The van der Waals surface area contributed by atoms with Crippen molar-refractivity contribution in [3.05, 3.63) is 34.8 Å². The highest BCUT2D eigenvalue weighted by molar-refractivity contribution is 9.10. The maximum absolute atomic E-state index is 12.4. The zero-order valence-corrected chi connectivity index (χ0v) is 11.6.